The van der Waals surface area contributed by atoms with Crippen molar-refractivity contribution in [2.75, 3.05) is 13.2 Å². The van der Waals surface area contributed by atoms with Crippen LogP contribution in [0.4, 0.5) is 0 Å². The summed E-state index contributed by atoms with van der Waals surface area (Å²) in [5.41, 5.74) is 1.02. The monoisotopic (exact) mass is 261 g/mol. The Morgan fingerprint density at radius 2 is 2.32 bits per heavy atom. The fourth-order valence-electron chi connectivity index (χ4n) is 2.10. The summed E-state index contributed by atoms with van der Waals surface area (Å²) in [5.74, 6) is 0. The van der Waals surface area contributed by atoms with Crippen LogP contribution in [0.15, 0.2) is 30.5 Å². The molecule has 1 fully saturated rings. The van der Waals surface area contributed by atoms with Crippen LogP contribution in [0.5, 0.6) is 0 Å². The zero-order valence-corrected chi connectivity index (χ0v) is 11.5. The molecule has 104 valence electrons. The minimum Gasteiger partial charge on any atom is -0.353 e. The fourth-order valence-corrected chi connectivity index (χ4v) is 2.10. The lowest BCUT2D eigenvalue weighted by atomic mass is 10.2. The third-order valence-corrected chi connectivity index (χ3v) is 3.18. The number of allylic oxidation sites excluding steroid dienone is 1. The van der Waals surface area contributed by atoms with E-state index in [0.717, 1.165) is 44.6 Å². The summed E-state index contributed by atoms with van der Waals surface area (Å²) in [5, 5.41) is 0. The zero-order chi connectivity index (χ0) is 13.2. The molecule has 1 aromatic heterocycles. The van der Waals surface area contributed by atoms with Crippen LogP contribution in [0.1, 0.15) is 44.2 Å². The number of aromatic nitrogens is 1. The minimum atomic E-state index is 0.0535. The van der Waals surface area contributed by atoms with E-state index in [1.165, 1.54) is 12.8 Å². The summed E-state index contributed by atoms with van der Waals surface area (Å²) >= 11 is 0. The van der Waals surface area contributed by atoms with Gasteiger partial charge in [0.05, 0.1) is 5.69 Å². The molecule has 3 nitrogen and oxygen atoms in total. The number of unbranched alkanes of at least 4 members (excludes halogenated alkanes) is 2. The second-order valence-electron chi connectivity index (χ2n) is 4.82. The molecule has 1 unspecified atom stereocenters. The SMILES string of the molecule is C(=C/c1ccccn1)/CCCCOC1CCCCO1. The molecular formula is C16H23NO2. The molecule has 0 amide bonds. The Hall–Kier alpha value is -1.19. The van der Waals surface area contributed by atoms with E-state index >= 15 is 0 Å². The molecule has 19 heavy (non-hydrogen) atoms. The number of hydrogen-bond acceptors (Lipinski definition) is 3. The molecule has 0 spiro atoms. The Balaban J connectivity index is 1.49. The molecule has 0 aliphatic carbocycles. The standard InChI is InChI=1S/C16H23NO2/c1(3-9-15-10-4-6-12-17-15)2-7-13-18-16-11-5-8-14-19-16/h3-4,6,9-10,12,16H,1-2,5,7-8,11,13-14H2/b9-3-. The maximum absolute atomic E-state index is 5.69. The molecule has 1 atom stereocenters. The van der Waals surface area contributed by atoms with Crippen LogP contribution in [-0.4, -0.2) is 24.5 Å². The van der Waals surface area contributed by atoms with Crippen LogP contribution in [0.3, 0.4) is 0 Å². The molecule has 1 aromatic rings. The molecule has 0 radical (unpaired) electrons. The van der Waals surface area contributed by atoms with E-state index in [-0.39, 0.29) is 6.29 Å². The van der Waals surface area contributed by atoms with Gasteiger partial charge in [-0.05, 0) is 56.7 Å². The summed E-state index contributed by atoms with van der Waals surface area (Å²) in [6.45, 7) is 1.67. The van der Waals surface area contributed by atoms with Gasteiger partial charge in [0.2, 0.25) is 0 Å². The van der Waals surface area contributed by atoms with Gasteiger partial charge in [-0.1, -0.05) is 12.1 Å². The van der Waals surface area contributed by atoms with Gasteiger partial charge in [-0.2, -0.15) is 0 Å². The number of hydrogen-bond donors (Lipinski definition) is 0. The molecule has 0 aromatic carbocycles. The normalized spacial score (nSPS) is 19.9. The fraction of sp³-hybridized carbons (Fsp3) is 0.562. The summed E-state index contributed by atoms with van der Waals surface area (Å²) < 4.78 is 11.2. The highest BCUT2D eigenvalue weighted by atomic mass is 16.7. The first kappa shape index (κ1) is 14.2. The highest BCUT2D eigenvalue weighted by molar-refractivity contribution is 5.43. The van der Waals surface area contributed by atoms with Gasteiger partial charge in [0.25, 0.3) is 0 Å². The van der Waals surface area contributed by atoms with Crippen molar-refractivity contribution in [2.24, 2.45) is 0 Å². The van der Waals surface area contributed by atoms with Gasteiger partial charge in [-0.25, -0.2) is 0 Å². The van der Waals surface area contributed by atoms with E-state index < -0.39 is 0 Å². The van der Waals surface area contributed by atoms with Crippen molar-refractivity contribution in [3.8, 4) is 0 Å². The van der Waals surface area contributed by atoms with Crippen molar-refractivity contribution in [2.45, 2.75) is 44.8 Å². The van der Waals surface area contributed by atoms with Crippen molar-refractivity contribution >= 4 is 6.08 Å². The van der Waals surface area contributed by atoms with Crippen LogP contribution in [0.25, 0.3) is 6.08 Å². The molecule has 2 heterocycles. The van der Waals surface area contributed by atoms with Crippen LogP contribution in [-0.2, 0) is 9.47 Å². The predicted octanol–water partition coefficient (Wildman–Crippen LogP) is 3.81. The molecule has 1 saturated heterocycles. The lowest BCUT2D eigenvalue weighted by Crippen LogP contribution is -2.22. The Morgan fingerprint density at radius 3 is 3.11 bits per heavy atom. The summed E-state index contributed by atoms with van der Waals surface area (Å²) in [6.07, 6.45) is 12.9. The number of rotatable bonds is 7. The van der Waals surface area contributed by atoms with Crippen LogP contribution < -0.4 is 0 Å². The highest BCUT2D eigenvalue weighted by Crippen LogP contribution is 2.14. The van der Waals surface area contributed by atoms with Gasteiger partial charge in [0.15, 0.2) is 6.29 Å². The Kier molecular flexibility index (Phi) is 6.61. The highest BCUT2D eigenvalue weighted by Gasteiger charge is 2.12. The van der Waals surface area contributed by atoms with Gasteiger partial charge >= 0.3 is 0 Å². The maximum Gasteiger partial charge on any atom is 0.157 e. The van der Waals surface area contributed by atoms with Crippen molar-refractivity contribution in [3.05, 3.63) is 36.2 Å². The molecule has 0 N–H and O–H groups in total. The van der Waals surface area contributed by atoms with E-state index in [1.807, 2.05) is 24.4 Å². The van der Waals surface area contributed by atoms with E-state index in [4.69, 9.17) is 9.47 Å². The van der Waals surface area contributed by atoms with Gasteiger partial charge in [-0.3, -0.25) is 4.98 Å². The molecule has 1 aliphatic heterocycles. The summed E-state index contributed by atoms with van der Waals surface area (Å²) in [6, 6.07) is 5.95. The lowest BCUT2D eigenvalue weighted by Gasteiger charge is -2.22. The second-order valence-corrected chi connectivity index (χ2v) is 4.82. The quantitative estimate of drug-likeness (QED) is 0.699. The first-order valence-electron chi connectivity index (χ1n) is 7.26. The smallest absolute Gasteiger partial charge is 0.157 e. The number of nitrogens with zero attached hydrogens (tertiary/aromatic N) is 1. The van der Waals surface area contributed by atoms with Crippen molar-refractivity contribution in [3.63, 3.8) is 0 Å². The van der Waals surface area contributed by atoms with Crippen molar-refractivity contribution in [1.29, 1.82) is 0 Å². The Bertz CT molecular complexity index is 358. The van der Waals surface area contributed by atoms with E-state index in [1.54, 1.807) is 0 Å². The van der Waals surface area contributed by atoms with E-state index in [2.05, 4.69) is 17.1 Å². The molecular weight excluding hydrogens is 238 g/mol. The van der Waals surface area contributed by atoms with E-state index in [0.29, 0.717) is 0 Å². The van der Waals surface area contributed by atoms with Crippen molar-refractivity contribution < 1.29 is 9.47 Å². The topological polar surface area (TPSA) is 31.4 Å². The third kappa shape index (κ3) is 5.99. The van der Waals surface area contributed by atoms with Crippen molar-refractivity contribution in [1.82, 2.24) is 4.98 Å². The number of ether oxygens (including phenoxy) is 2. The second kappa shape index (κ2) is 8.83. The zero-order valence-electron chi connectivity index (χ0n) is 11.5. The Labute approximate surface area is 115 Å². The molecule has 1 aliphatic rings. The number of pyridine rings is 1. The lowest BCUT2D eigenvalue weighted by molar-refractivity contribution is -0.162. The van der Waals surface area contributed by atoms with Gasteiger partial charge in [0.1, 0.15) is 0 Å². The van der Waals surface area contributed by atoms with Gasteiger partial charge in [0, 0.05) is 19.4 Å². The average Bonchev–Trinajstić information content (AvgIpc) is 2.48. The Morgan fingerprint density at radius 1 is 1.32 bits per heavy atom. The summed E-state index contributed by atoms with van der Waals surface area (Å²) in [7, 11) is 0. The summed E-state index contributed by atoms with van der Waals surface area (Å²) in [4.78, 5) is 4.25. The largest absolute Gasteiger partial charge is 0.353 e. The van der Waals surface area contributed by atoms with Crippen LogP contribution >= 0.6 is 0 Å². The molecule has 0 bridgehead atoms. The molecule has 2 rings (SSSR count). The van der Waals surface area contributed by atoms with Gasteiger partial charge in [-0.15, -0.1) is 0 Å². The predicted molar refractivity (Wildman–Crippen MR) is 76.7 cm³/mol. The van der Waals surface area contributed by atoms with E-state index in [9.17, 15) is 0 Å². The van der Waals surface area contributed by atoms with Crippen LogP contribution in [0.2, 0.25) is 0 Å². The molecule has 0 saturated carbocycles. The first-order valence-corrected chi connectivity index (χ1v) is 7.26. The van der Waals surface area contributed by atoms with Crippen LogP contribution in [0, 0.1) is 0 Å². The maximum atomic E-state index is 5.69. The molecule has 3 heteroatoms. The first-order chi connectivity index (χ1) is 9.45. The average molecular weight is 261 g/mol. The minimum absolute atomic E-state index is 0.0535. The van der Waals surface area contributed by atoms with Gasteiger partial charge < -0.3 is 9.47 Å². The third-order valence-electron chi connectivity index (χ3n) is 3.18.